The molecule has 0 fully saturated rings. The van der Waals surface area contributed by atoms with E-state index in [1.165, 1.54) is 25.4 Å². The summed E-state index contributed by atoms with van der Waals surface area (Å²) in [5.74, 6) is -0.858. The smallest absolute Gasteiger partial charge is 0.348 e. The van der Waals surface area contributed by atoms with E-state index in [1.54, 1.807) is 25.3 Å². The van der Waals surface area contributed by atoms with Crippen LogP contribution in [0, 0.1) is 5.41 Å². The number of carbonyl (C=O) groups is 3. The highest BCUT2D eigenvalue weighted by Crippen LogP contribution is 2.23. The van der Waals surface area contributed by atoms with Crippen molar-refractivity contribution < 1.29 is 19.1 Å². The molecule has 1 heterocycles. The summed E-state index contributed by atoms with van der Waals surface area (Å²) in [7, 11) is 1.30. The number of methoxy groups -OCH3 is 1. The molecule has 20 heavy (non-hydrogen) atoms. The minimum Gasteiger partial charge on any atom is -0.465 e. The van der Waals surface area contributed by atoms with Gasteiger partial charge in [-0.3, -0.25) is 9.59 Å². The molecule has 0 saturated carbocycles. The molecule has 0 aliphatic rings. The first kappa shape index (κ1) is 16.2. The number of rotatable bonds is 5. The van der Waals surface area contributed by atoms with Gasteiger partial charge >= 0.3 is 5.97 Å². The fraction of sp³-hybridized carbons (Fsp3) is 0.462. The lowest BCUT2D eigenvalue weighted by molar-refractivity contribution is -0.124. The van der Waals surface area contributed by atoms with Gasteiger partial charge in [-0.25, -0.2) is 4.79 Å². The van der Waals surface area contributed by atoms with Gasteiger partial charge in [0, 0.05) is 18.8 Å². The molecule has 2 amide bonds. The number of amides is 2. The zero-order chi connectivity index (χ0) is 15.3. The number of hydrogen-bond acceptors (Lipinski definition) is 5. The molecule has 0 radical (unpaired) electrons. The van der Waals surface area contributed by atoms with Crippen LogP contribution < -0.4 is 10.6 Å². The van der Waals surface area contributed by atoms with E-state index in [-0.39, 0.29) is 18.4 Å². The fourth-order valence-electron chi connectivity index (χ4n) is 1.34. The quantitative estimate of drug-likeness (QED) is 0.809. The molecule has 1 rings (SSSR count). The van der Waals surface area contributed by atoms with E-state index in [0.29, 0.717) is 10.6 Å². The summed E-state index contributed by atoms with van der Waals surface area (Å²) in [4.78, 5) is 34.7. The maximum absolute atomic E-state index is 12.1. The fourth-order valence-corrected chi connectivity index (χ4v) is 2.09. The van der Waals surface area contributed by atoms with Crippen molar-refractivity contribution in [1.29, 1.82) is 0 Å². The average Bonchev–Trinajstić information content (AvgIpc) is 2.84. The van der Waals surface area contributed by atoms with Crippen molar-refractivity contribution in [2.75, 3.05) is 19.0 Å². The van der Waals surface area contributed by atoms with Gasteiger partial charge in [0.05, 0.1) is 18.2 Å². The SMILES string of the molecule is COC(=O)c1cc(NC(=O)C(C)(C)CNC(C)=O)cs1. The summed E-state index contributed by atoms with van der Waals surface area (Å²) in [5.41, 5.74) is -0.213. The van der Waals surface area contributed by atoms with E-state index < -0.39 is 11.4 Å². The van der Waals surface area contributed by atoms with Crippen LogP contribution in [0.4, 0.5) is 5.69 Å². The van der Waals surface area contributed by atoms with Crippen molar-refractivity contribution >= 4 is 34.8 Å². The third-order valence-corrected chi connectivity index (χ3v) is 3.55. The minimum absolute atomic E-state index is 0.186. The number of ether oxygens (including phenoxy) is 1. The highest BCUT2D eigenvalue weighted by molar-refractivity contribution is 7.12. The van der Waals surface area contributed by atoms with Crippen molar-refractivity contribution in [3.05, 3.63) is 16.3 Å². The maximum atomic E-state index is 12.1. The Balaban J connectivity index is 2.67. The molecule has 110 valence electrons. The second-order valence-electron chi connectivity index (χ2n) is 4.94. The molecule has 0 aliphatic heterocycles. The standard InChI is InChI=1S/C13H18N2O4S/c1-8(16)14-7-13(2,3)12(18)15-9-5-10(20-6-9)11(17)19-4/h5-6H,7H2,1-4H3,(H,14,16)(H,15,18). The van der Waals surface area contributed by atoms with Crippen LogP contribution in [0.1, 0.15) is 30.4 Å². The van der Waals surface area contributed by atoms with Crippen molar-refractivity contribution in [1.82, 2.24) is 5.32 Å². The Labute approximate surface area is 121 Å². The van der Waals surface area contributed by atoms with Gasteiger partial charge in [0.25, 0.3) is 0 Å². The van der Waals surface area contributed by atoms with Gasteiger partial charge in [-0.05, 0) is 19.9 Å². The Morgan fingerprint density at radius 2 is 2.00 bits per heavy atom. The Hall–Kier alpha value is -1.89. The summed E-state index contributed by atoms with van der Waals surface area (Å²) >= 11 is 1.19. The topological polar surface area (TPSA) is 84.5 Å². The number of anilines is 1. The number of esters is 1. The molecule has 2 N–H and O–H groups in total. The number of hydrogen-bond donors (Lipinski definition) is 2. The lowest BCUT2D eigenvalue weighted by Crippen LogP contribution is -2.41. The predicted octanol–water partition coefficient (Wildman–Crippen LogP) is 1.64. The van der Waals surface area contributed by atoms with Crippen LogP contribution in [0.5, 0.6) is 0 Å². The van der Waals surface area contributed by atoms with Crippen LogP contribution in [-0.4, -0.2) is 31.4 Å². The summed E-state index contributed by atoms with van der Waals surface area (Å²) < 4.78 is 4.60. The minimum atomic E-state index is -0.751. The van der Waals surface area contributed by atoms with Crippen LogP contribution >= 0.6 is 11.3 Å². The normalized spacial score (nSPS) is 10.8. The monoisotopic (exact) mass is 298 g/mol. The van der Waals surface area contributed by atoms with Gasteiger partial charge in [-0.1, -0.05) is 0 Å². The average molecular weight is 298 g/mol. The van der Waals surface area contributed by atoms with E-state index >= 15 is 0 Å². The molecule has 0 saturated heterocycles. The summed E-state index contributed by atoms with van der Waals surface area (Å²) in [6.07, 6.45) is 0. The summed E-state index contributed by atoms with van der Waals surface area (Å²) in [6.45, 7) is 5.09. The molecule has 0 aromatic carbocycles. The molecular formula is C13H18N2O4S. The van der Waals surface area contributed by atoms with Crippen molar-refractivity contribution in [3.8, 4) is 0 Å². The molecule has 7 heteroatoms. The van der Waals surface area contributed by atoms with Crippen molar-refractivity contribution in [3.63, 3.8) is 0 Å². The predicted molar refractivity (Wildman–Crippen MR) is 76.8 cm³/mol. The second kappa shape index (κ2) is 6.51. The van der Waals surface area contributed by atoms with Gasteiger partial charge in [0.1, 0.15) is 4.88 Å². The van der Waals surface area contributed by atoms with Crippen molar-refractivity contribution in [2.24, 2.45) is 5.41 Å². The van der Waals surface area contributed by atoms with Crippen molar-refractivity contribution in [2.45, 2.75) is 20.8 Å². The zero-order valence-electron chi connectivity index (χ0n) is 11.9. The van der Waals surface area contributed by atoms with Crippen LogP contribution in [0.3, 0.4) is 0 Å². The number of thiophene rings is 1. The van der Waals surface area contributed by atoms with Gasteiger partial charge in [-0.15, -0.1) is 11.3 Å². The second-order valence-corrected chi connectivity index (χ2v) is 5.85. The number of nitrogens with one attached hydrogen (secondary N) is 2. The third kappa shape index (κ3) is 4.34. The van der Waals surface area contributed by atoms with E-state index in [4.69, 9.17) is 0 Å². The Bertz CT molecular complexity index is 522. The highest BCUT2D eigenvalue weighted by Gasteiger charge is 2.28. The molecule has 0 unspecified atom stereocenters. The molecule has 0 aliphatic carbocycles. The first-order valence-corrected chi connectivity index (χ1v) is 6.87. The first-order chi connectivity index (χ1) is 9.26. The molecule has 1 aromatic heterocycles. The highest BCUT2D eigenvalue weighted by atomic mass is 32.1. The van der Waals surface area contributed by atoms with E-state index in [9.17, 15) is 14.4 Å². The van der Waals surface area contributed by atoms with E-state index in [1.807, 2.05) is 0 Å². The molecule has 0 atom stereocenters. The molecule has 0 spiro atoms. The molecule has 0 bridgehead atoms. The number of carbonyl (C=O) groups excluding carboxylic acids is 3. The Kier molecular flexibility index (Phi) is 5.26. The largest absolute Gasteiger partial charge is 0.465 e. The lowest BCUT2D eigenvalue weighted by Gasteiger charge is -2.23. The van der Waals surface area contributed by atoms with E-state index in [0.717, 1.165) is 0 Å². The van der Waals surface area contributed by atoms with Gasteiger partial charge in [-0.2, -0.15) is 0 Å². The summed E-state index contributed by atoms with van der Waals surface area (Å²) in [5, 5.41) is 7.00. The summed E-state index contributed by atoms with van der Waals surface area (Å²) in [6, 6.07) is 1.56. The molecular weight excluding hydrogens is 280 g/mol. The van der Waals surface area contributed by atoms with Crippen LogP contribution in [-0.2, 0) is 14.3 Å². The molecule has 6 nitrogen and oxygen atoms in total. The van der Waals surface area contributed by atoms with Crippen LogP contribution in [0.2, 0.25) is 0 Å². The van der Waals surface area contributed by atoms with Crippen LogP contribution in [0.15, 0.2) is 11.4 Å². The first-order valence-electron chi connectivity index (χ1n) is 5.99. The molecule has 1 aromatic rings. The van der Waals surface area contributed by atoms with Crippen LogP contribution in [0.25, 0.3) is 0 Å². The lowest BCUT2D eigenvalue weighted by atomic mass is 9.92. The Morgan fingerprint density at radius 3 is 2.55 bits per heavy atom. The Morgan fingerprint density at radius 1 is 1.35 bits per heavy atom. The zero-order valence-corrected chi connectivity index (χ0v) is 12.7. The van der Waals surface area contributed by atoms with Gasteiger partial charge in [0.15, 0.2) is 0 Å². The van der Waals surface area contributed by atoms with Gasteiger partial charge < -0.3 is 15.4 Å². The van der Waals surface area contributed by atoms with E-state index in [2.05, 4.69) is 15.4 Å². The van der Waals surface area contributed by atoms with Gasteiger partial charge in [0.2, 0.25) is 11.8 Å². The maximum Gasteiger partial charge on any atom is 0.348 e. The third-order valence-electron chi connectivity index (χ3n) is 2.64.